The highest BCUT2D eigenvalue weighted by atomic mass is 35.5. The molecule has 3 N–H and O–H groups in total. The van der Waals surface area contributed by atoms with Crippen LogP contribution in [-0.2, 0) is 6.54 Å². The quantitative estimate of drug-likeness (QED) is 0.802. The molecule has 0 atom stereocenters. The lowest BCUT2D eigenvalue weighted by Crippen LogP contribution is -2.41. The zero-order chi connectivity index (χ0) is 14.0. The number of anilines is 1. The predicted octanol–water partition coefficient (Wildman–Crippen LogP) is 4.23. The molecule has 0 aliphatic rings. The first-order chi connectivity index (χ1) is 8.09. The van der Waals surface area contributed by atoms with Crippen LogP contribution >= 0.6 is 11.6 Å². The molecule has 0 spiro atoms. The number of rotatable bonds is 4. The predicted molar refractivity (Wildman–Crippen MR) is 80.9 cm³/mol. The summed E-state index contributed by atoms with van der Waals surface area (Å²) in [6.45, 7) is 12.1. The number of halogens is 1. The van der Waals surface area contributed by atoms with Gasteiger partial charge in [-0.25, -0.2) is 0 Å². The van der Waals surface area contributed by atoms with E-state index >= 15 is 0 Å². The van der Waals surface area contributed by atoms with E-state index in [9.17, 15) is 0 Å². The highest BCUT2D eigenvalue weighted by molar-refractivity contribution is 6.33. The maximum absolute atomic E-state index is 5.91. The lowest BCUT2D eigenvalue weighted by atomic mass is 9.82. The van der Waals surface area contributed by atoms with Gasteiger partial charge in [0.25, 0.3) is 0 Å². The van der Waals surface area contributed by atoms with E-state index in [-0.39, 0.29) is 5.54 Å². The van der Waals surface area contributed by atoms with Crippen LogP contribution in [0.15, 0.2) is 18.2 Å². The summed E-state index contributed by atoms with van der Waals surface area (Å²) in [4.78, 5) is 0. The summed E-state index contributed by atoms with van der Waals surface area (Å²) in [5.74, 6) is 0. The number of hydrogen-bond donors (Lipinski definition) is 2. The standard InChI is InChI=1S/C15H25ClN2/c1-14(2,3)10-15(4,5)18-9-11-6-7-12(16)13(17)8-11/h6-8,18H,9-10,17H2,1-5H3. The normalized spacial score (nSPS) is 12.8. The molecule has 0 saturated heterocycles. The number of hydrogen-bond acceptors (Lipinski definition) is 2. The van der Waals surface area contributed by atoms with Crippen molar-refractivity contribution in [1.82, 2.24) is 5.32 Å². The van der Waals surface area contributed by atoms with Crippen molar-refractivity contribution in [2.75, 3.05) is 5.73 Å². The second kappa shape index (κ2) is 5.50. The fourth-order valence-electron chi connectivity index (χ4n) is 2.43. The third-order valence-electron chi connectivity index (χ3n) is 2.80. The molecule has 18 heavy (non-hydrogen) atoms. The first-order valence-electron chi connectivity index (χ1n) is 6.38. The van der Waals surface area contributed by atoms with Gasteiger partial charge in [0.05, 0.1) is 10.7 Å². The number of nitrogen functional groups attached to an aromatic ring is 1. The summed E-state index contributed by atoms with van der Waals surface area (Å²) in [5, 5.41) is 4.20. The summed E-state index contributed by atoms with van der Waals surface area (Å²) in [6.07, 6.45) is 1.11. The first kappa shape index (κ1) is 15.3. The Morgan fingerprint density at radius 1 is 1.17 bits per heavy atom. The van der Waals surface area contributed by atoms with Crippen LogP contribution in [0.2, 0.25) is 5.02 Å². The van der Waals surface area contributed by atoms with E-state index in [1.807, 2.05) is 18.2 Å². The van der Waals surface area contributed by atoms with Gasteiger partial charge in [-0.3, -0.25) is 0 Å². The summed E-state index contributed by atoms with van der Waals surface area (Å²) < 4.78 is 0. The van der Waals surface area contributed by atoms with Gasteiger partial charge in [-0.05, 0) is 43.4 Å². The molecule has 0 bridgehead atoms. The lowest BCUT2D eigenvalue weighted by molar-refractivity contribution is 0.241. The minimum atomic E-state index is 0.104. The van der Waals surface area contributed by atoms with Crippen LogP contribution in [-0.4, -0.2) is 5.54 Å². The first-order valence-corrected chi connectivity index (χ1v) is 6.76. The van der Waals surface area contributed by atoms with E-state index in [4.69, 9.17) is 17.3 Å². The molecular weight excluding hydrogens is 244 g/mol. The van der Waals surface area contributed by atoms with Crippen LogP contribution in [0.5, 0.6) is 0 Å². The smallest absolute Gasteiger partial charge is 0.0635 e. The van der Waals surface area contributed by atoms with Gasteiger partial charge >= 0.3 is 0 Å². The van der Waals surface area contributed by atoms with E-state index in [2.05, 4.69) is 39.9 Å². The van der Waals surface area contributed by atoms with Crippen LogP contribution in [0, 0.1) is 5.41 Å². The Morgan fingerprint density at radius 3 is 2.28 bits per heavy atom. The second-order valence-corrected chi connectivity index (χ2v) is 7.24. The summed E-state index contributed by atoms with van der Waals surface area (Å²) in [5.41, 5.74) is 8.03. The van der Waals surface area contributed by atoms with Gasteiger partial charge in [0.15, 0.2) is 0 Å². The fraction of sp³-hybridized carbons (Fsp3) is 0.600. The van der Waals surface area contributed by atoms with Gasteiger partial charge in [-0.1, -0.05) is 38.4 Å². The zero-order valence-electron chi connectivity index (χ0n) is 12.1. The van der Waals surface area contributed by atoms with Crippen molar-refractivity contribution in [3.63, 3.8) is 0 Å². The maximum Gasteiger partial charge on any atom is 0.0635 e. The van der Waals surface area contributed by atoms with Crippen molar-refractivity contribution in [2.24, 2.45) is 5.41 Å². The summed E-state index contributed by atoms with van der Waals surface area (Å²) in [7, 11) is 0. The lowest BCUT2D eigenvalue weighted by Gasteiger charge is -2.33. The Morgan fingerprint density at radius 2 is 1.78 bits per heavy atom. The molecule has 0 aliphatic carbocycles. The average molecular weight is 269 g/mol. The summed E-state index contributed by atoms with van der Waals surface area (Å²) in [6, 6.07) is 5.80. The van der Waals surface area contributed by atoms with Crippen molar-refractivity contribution < 1.29 is 0 Å². The van der Waals surface area contributed by atoms with Gasteiger partial charge < -0.3 is 11.1 Å². The topological polar surface area (TPSA) is 38.0 Å². The maximum atomic E-state index is 5.91. The molecule has 1 aromatic carbocycles. The molecule has 0 heterocycles. The minimum Gasteiger partial charge on any atom is -0.398 e. The van der Waals surface area contributed by atoms with E-state index in [1.54, 1.807) is 0 Å². The Balaban J connectivity index is 2.61. The van der Waals surface area contributed by atoms with Gasteiger partial charge in [0, 0.05) is 12.1 Å². The molecule has 2 nitrogen and oxygen atoms in total. The fourth-order valence-corrected chi connectivity index (χ4v) is 2.55. The molecule has 0 aliphatic heterocycles. The van der Waals surface area contributed by atoms with Crippen LogP contribution in [0.25, 0.3) is 0 Å². The monoisotopic (exact) mass is 268 g/mol. The van der Waals surface area contributed by atoms with Crippen molar-refractivity contribution in [2.45, 2.75) is 53.1 Å². The Bertz CT molecular complexity index is 405. The highest BCUT2D eigenvalue weighted by Gasteiger charge is 2.24. The number of benzene rings is 1. The second-order valence-electron chi connectivity index (χ2n) is 6.83. The SMILES string of the molecule is CC(C)(C)CC(C)(C)NCc1ccc(Cl)c(N)c1. The van der Waals surface area contributed by atoms with Gasteiger partial charge in [0.1, 0.15) is 0 Å². The number of nitrogens with two attached hydrogens (primary N) is 1. The van der Waals surface area contributed by atoms with E-state index in [0.29, 0.717) is 16.1 Å². The van der Waals surface area contributed by atoms with Crippen LogP contribution in [0.4, 0.5) is 5.69 Å². The van der Waals surface area contributed by atoms with Crippen LogP contribution in [0.3, 0.4) is 0 Å². The molecule has 0 radical (unpaired) electrons. The molecule has 0 amide bonds. The van der Waals surface area contributed by atoms with Crippen molar-refractivity contribution in [3.05, 3.63) is 28.8 Å². The van der Waals surface area contributed by atoms with Gasteiger partial charge in [-0.15, -0.1) is 0 Å². The third kappa shape index (κ3) is 5.28. The molecule has 102 valence electrons. The largest absolute Gasteiger partial charge is 0.398 e. The molecule has 0 aromatic heterocycles. The van der Waals surface area contributed by atoms with Crippen molar-refractivity contribution in [3.8, 4) is 0 Å². The Labute approximate surface area is 116 Å². The number of nitrogens with one attached hydrogen (secondary N) is 1. The Kier molecular flexibility index (Phi) is 4.68. The van der Waals surface area contributed by atoms with E-state index in [1.165, 1.54) is 5.56 Å². The van der Waals surface area contributed by atoms with Gasteiger partial charge in [0.2, 0.25) is 0 Å². The molecule has 1 aromatic rings. The molecule has 0 fully saturated rings. The zero-order valence-corrected chi connectivity index (χ0v) is 12.9. The van der Waals surface area contributed by atoms with Crippen LogP contribution in [0.1, 0.15) is 46.6 Å². The summed E-state index contributed by atoms with van der Waals surface area (Å²) >= 11 is 5.91. The molecule has 3 heteroatoms. The molecule has 1 rings (SSSR count). The van der Waals surface area contributed by atoms with Crippen LogP contribution < -0.4 is 11.1 Å². The van der Waals surface area contributed by atoms with Crippen molar-refractivity contribution >= 4 is 17.3 Å². The molecule has 0 saturated carbocycles. The highest BCUT2D eigenvalue weighted by Crippen LogP contribution is 2.27. The Hall–Kier alpha value is -0.730. The van der Waals surface area contributed by atoms with E-state index in [0.717, 1.165) is 13.0 Å². The minimum absolute atomic E-state index is 0.104. The van der Waals surface area contributed by atoms with Gasteiger partial charge in [-0.2, -0.15) is 0 Å². The van der Waals surface area contributed by atoms with E-state index < -0.39 is 0 Å². The van der Waals surface area contributed by atoms with Crippen molar-refractivity contribution in [1.29, 1.82) is 0 Å². The average Bonchev–Trinajstić information content (AvgIpc) is 2.16. The molecule has 0 unspecified atom stereocenters. The molecular formula is C15H25ClN2. The third-order valence-corrected chi connectivity index (χ3v) is 3.15.